The molecule has 1 amide bonds. The van der Waals surface area contributed by atoms with Crippen molar-refractivity contribution in [2.45, 2.75) is 53.4 Å². The zero-order valence-electron chi connectivity index (χ0n) is 15.7. The minimum absolute atomic E-state index is 0.0999. The summed E-state index contributed by atoms with van der Waals surface area (Å²) in [5.41, 5.74) is 14.4. The van der Waals surface area contributed by atoms with Gasteiger partial charge in [0.25, 0.3) is 0 Å². The van der Waals surface area contributed by atoms with Crippen LogP contribution in [0.1, 0.15) is 55.6 Å². The summed E-state index contributed by atoms with van der Waals surface area (Å²) in [5, 5.41) is 6.52. The van der Waals surface area contributed by atoms with E-state index in [0.717, 1.165) is 22.4 Å². The lowest BCUT2D eigenvalue weighted by Gasteiger charge is -2.22. The van der Waals surface area contributed by atoms with Crippen molar-refractivity contribution in [3.8, 4) is 0 Å². The van der Waals surface area contributed by atoms with Gasteiger partial charge in [0, 0.05) is 10.9 Å². The number of carbonyl (C=O) groups excluding carboxylic acids is 1. The van der Waals surface area contributed by atoms with Gasteiger partial charge >= 0.3 is 0 Å². The van der Waals surface area contributed by atoms with E-state index in [-0.39, 0.29) is 17.7 Å². The van der Waals surface area contributed by atoms with Crippen molar-refractivity contribution in [3.63, 3.8) is 0 Å². The molecular weight excluding hydrogens is 332 g/mol. The lowest BCUT2D eigenvalue weighted by molar-refractivity contribution is -0.120. The number of hydrogen-bond acceptors (Lipinski definition) is 5. The Kier molecular flexibility index (Phi) is 5.62. The van der Waals surface area contributed by atoms with E-state index in [9.17, 15) is 4.79 Å². The molecule has 1 heterocycles. The van der Waals surface area contributed by atoms with E-state index >= 15 is 0 Å². The number of thiazole rings is 1. The maximum Gasteiger partial charge on any atom is 0.246 e. The number of aromatic nitrogens is 1. The number of hydrogen-bond donors (Lipinski definition) is 2. The summed E-state index contributed by atoms with van der Waals surface area (Å²) in [6, 6.07) is 4.39. The number of benzene rings is 1. The van der Waals surface area contributed by atoms with Crippen LogP contribution in [0.3, 0.4) is 0 Å². The molecule has 25 heavy (non-hydrogen) atoms. The number of nitrogen functional groups attached to an aromatic ring is 1. The number of nitrogens with zero attached hydrogens (tertiary/aromatic N) is 2. The van der Waals surface area contributed by atoms with E-state index in [4.69, 9.17) is 5.73 Å². The zero-order chi connectivity index (χ0) is 18.8. The second-order valence-corrected chi connectivity index (χ2v) is 8.21. The molecule has 2 aromatic rings. The number of carbonyl (C=O) groups is 1. The molecule has 1 aromatic heterocycles. The Labute approximate surface area is 153 Å². The molecule has 0 radical (unpaired) electrons. The average molecular weight is 359 g/mol. The van der Waals surface area contributed by atoms with Crippen LogP contribution < -0.4 is 11.2 Å². The third kappa shape index (κ3) is 4.89. The van der Waals surface area contributed by atoms with Gasteiger partial charge in [-0.3, -0.25) is 4.79 Å². The molecule has 0 aliphatic rings. The molecule has 1 aromatic carbocycles. The van der Waals surface area contributed by atoms with Gasteiger partial charge in [-0.2, -0.15) is 5.10 Å². The summed E-state index contributed by atoms with van der Waals surface area (Å²) in [6.45, 7) is 12.7. The summed E-state index contributed by atoms with van der Waals surface area (Å²) in [7, 11) is 0. The van der Waals surface area contributed by atoms with Gasteiger partial charge in [0.2, 0.25) is 5.91 Å². The molecule has 0 bridgehead atoms. The molecule has 134 valence electrons. The van der Waals surface area contributed by atoms with Crippen LogP contribution in [-0.4, -0.2) is 16.6 Å². The van der Waals surface area contributed by atoms with E-state index in [1.54, 1.807) is 5.38 Å². The van der Waals surface area contributed by atoms with Gasteiger partial charge in [0.05, 0.1) is 17.8 Å². The normalized spacial score (nSPS) is 12.3. The molecule has 0 unspecified atom stereocenters. The number of aryl methyl sites for hydroxylation is 2. The molecule has 3 N–H and O–H groups in total. The summed E-state index contributed by atoms with van der Waals surface area (Å²) in [5.74, 6) is -0.203. The highest BCUT2D eigenvalue weighted by Gasteiger charge is 2.17. The quantitative estimate of drug-likeness (QED) is 0.645. The van der Waals surface area contributed by atoms with Crippen molar-refractivity contribution in [3.05, 3.63) is 45.5 Å². The number of nitrogens with one attached hydrogen (secondary N) is 1. The number of anilines is 1. The Balaban J connectivity index is 2.15. The third-order valence-corrected chi connectivity index (χ3v) is 4.74. The van der Waals surface area contributed by atoms with E-state index in [2.05, 4.69) is 62.3 Å². The third-order valence-electron chi connectivity index (χ3n) is 4.02. The fourth-order valence-electron chi connectivity index (χ4n) is 2.78. The largest absolute Gasteiger partial charge is 0.375 e. The predicted molar refractivity (Wildman–Crippen MR) is 105 cm³/mol. The van der Waals surface area contributed by atoms with E-state index in [0.29, 0.717) is 10.8 Å². The first-order chi connectivity index (χ1) is 11.6. The Bertz CT molecular complexity index is 792. The van der Waals surface area contributed by atoms with Crippen LogP contribution in [0.15, 0.2) is 22.6 Å². The number of rotatable bonds is 4. The van der Waals surface area contributed by atoms with Crippen molar-refractivity contribution in [1.82, 2.24) is 10.4 Å². The fourth-order valence-corrected chi connectivity index (χ4v) is 3.34. The fraction of sp³-hybridized carbons (Fsp3) is 0.421. The molecule has 0 saturated carbocycles. The Morgan fingerprint density at radius 3 is 2.36 bits per heavy atom. The average Bonchev–Trinajstić information content (AvgIpc) is 2.88. The molecule has 0 spiro atoms. The molecule has 5 nitrogen and oxygen atoms in total. The minimum Gasteiger partial charge on any atom is -0.375 e. The lowest BCUT2D eigenvalue weighted by Crippen LogP contribution is -2.22. The predicted octanol–water partition coefficient (Wildman–Crippen LogP) is 3.72. The van der Waals surface area contributed by atoms with Gasteiger partial charge in [-0.25, -0.2) is 10.4 Å². The second kappa shape index (κ2) is 7.35. The van der Waals surface area contributed by atoms with E-state index < -0.39 is 0 Å². The maximum atomic E-state index is 12.0. The first-order valence-corrected chi connectivity index (χ1v) is 9.11. The SMILES string of the molecule is C/C(=N/NC(=O)Cc1csc(N)n1)c1c(C)cc(C(C)(C)C)cc1C. The summed E-state index contributed by atoms with van der Waals surface area (Å²) >= 11 is 1.33. The number of amides is 1. The number of hydrazone groups is 1. The van der Waals surface area contributed by atoms with Gasteiger partial charge in [-0.15, -0.1) is 11.3 Å². The molecular formula is C19H26N4OS. The minimum atomic E-state index is -0.203. The number of nitrogens with two attached hydrogens (primary N) is 1. The molecule has 0 fully saturated rings. The van der Waals surface area contributed by atoms with Gasteiger partial charge in [0.15, 0.2) is 5.13 Å². The van der Waals surface area contributed by atoms with Crippen LogP contribution in [-0.2, 0) is 16.6 Å². The first kappa shape index (κ1) is 19.1. The van der Waals surface area contributed by atoms with E-state index in [1.807, 2.05) is 6.92 Å². The molecule has 0 aliphatic carbocycles. The Morgan fingerprint density at radius 1 is 1.28 bits per heavy atom. The van der Waals surface area contributed by atoms with E-state index in [1.165, 1.54) is 16.9 Å². The smallest absolute Gasteiger partial charge is 0.246 e. The molecule has 0 saturated heterocycles. The zero-order valence-corrected chi connectivity index (χ0v) is 16.5. The molecule has 0 atom stereocenters. The summed E-state index contributed by atoms with van der Waals surface area (Å²) in [4.78, 5) is 16.1. The standard InChI is InChI=1S/C19H26N4OS/c1-11-7-14(19(4,5)6)8-12(2)17(11)13(3)22-23-16(24)9-15-10-25-18(20)21-15/h7-8,10H,9H2,1-6H3,(H2,20,21)(H,23,24)/b22-13-. The van der Waals surface area contributed by atoms with Gasteiger partial charge in [-0.05, 0) is 42.9 Å². The van der Waals surface area contributed by atoms with Crippen molar-refractivity contribution in [2.24, 2.45) is 5.10 Å². The Morgan fingerprint density at radius 2 is 1.88 bits per heavy atom. The van der Waals surface area contributed by atoms with Crippen LogP contribution in [0.25, 0.3) is 0 Å². The van der Waals surface area contributed by atoms with Crippen LogP contribution >= 0.6 is 11.3 Å². The highest BCUT2D eigenvalue weighted by Crippen LogP contribution is 2.27. The van der Waals surface area contributed by atoms with Crippen LogP contribution in [0, 0.1) is 13.8 Å². The van der Waals surface area contributed by atoms with Crippen LogP contribution in [0.4, 0.5) is 5.13 Å². The van der Waals surface area contributed by atoms with Crippen molar-refractivity contribution in [1.29, 1.82) is 0 Å². The van der Waals surface area contributed by atoms with Crippen LogP contribution in [0.5, 0.6) is 0 Å². The summed E-state index contributed by atoms with van der Waals surface area (Å²) in [6.07, 6.45) is 0.172. The van der Waals surface area contributed by atoms with Gasteiger partial charge in [0.1, 0.15) is 0 Å². The maximum absolute atomic E-state index is 12.0. The monoisotopic (exact) mass is 358 g/mol. The highest BCUT2D eigenvalue weighted by atomic mass is 32.1. The van der Waals surface area contributed by atoms with Crippen molar-refractivity contribution in [2.75, 3.05) is 5.73 Å². The van der Waals surface area contributed by atoms with Gasteiger partial charge in [-0.1, -0.05) is 32.9 Å². The van der Waals surface area contributed by atoms with Crippen molar-refractivity contribution < 1.29 is 4.79 Å². The highest BCUT2D eigenvalue weighted by molar-refractivity contribution is 7.13. The first-order valence-electron chi connectivity index (χ1n) is 8.23. The molecule has 0 aliphatic heterocycles. The Hall–Kier alpha value is -2.21. The van der Waals surface area contributed by atoms with Gasteiger partial charge < -0.3 is 5.73 Å². The summed E-state index contributed by atoms with van der Waals surface area (Å²) < 4.78 is 0. The van der Waals surface area contributed by atoms with Crippen LogP contribution in [0.2, 0.25) is 0 Å². The molecule has 6 heteroatoms. The lowest BCUT2D eigenvalue weighted by atomic mass is 9.83. The van der Waals surface area contributed by atoms with Crippen molar-refractivity contribution >= 4 is 28.1 Å². The second-order valence-electron chi connectivity index (χ2n) is 7.32. The topological polar surface area (TPSA) is 80.4 Å². The molecule has 2 rings (SSSR count).